The smallest absolute Gasteiger partial charge is 0.337 e. The number of nitrogens with zero attached hydrogens (tertiary/aromatic N) is 1. The summed E-state index contributed by atoms with van der Waals surface area (Å²) >= 11 is 18.7. The first-order valence-corrected chi connectivity index (χ1v) is 15.3. The Hall–Kier alpha value is -4.36. The molecule has 2 atom stereocenters. The molecule has 2 amide bonds. The molecule has 4 rings (SSSR count). The average Bonchev–Trinajstić information content (AvgIpc) is 3.03. The van der Waals surface area contributed by atoms with Crippen molar-refractivity contribution in [1.29, 1.82) is 0 Å². The zero-order chi connectivity index (χ0) is 34.1. The van der Waals surface area contributed by atoms with Gasteiger partial charge in [0.25, 0.3) is 0 Å². The number of halogens is 3. The quantitative estimate of drug-likeness (QED) is 0.0711. The lowest BCUT2D eigenvalue weighted by Gasteiger charge is -2.28. The number of allylic oxidation sites excluding steroid dienone is 1. The second-order valence-electron chi connectivity index (χ2n) is 9.97. The maximum absolute atomic E-state index is 12.5. The summed E-state index contributed by atoms with van der Waals surface area (Å²) < 4.78 is 27.8. The molecule has 15 heteroatoms. The Bertz CT molecular complexity index is 1680. The van der Waals surface area contributed by atoms with Crippen LogP contribution in [0.5, 0.6) is 23.0 Å². The highest BCUT2D eigenvalue weighted by atomic mass is 35.5. The lowest BCUT2D eigenvalue weighted by Crippen LogP contribution is -2.45. The van der Waals surface area contributed by atoms with E-state index in [9.17, 15) is 14.7 Å². The highest BCUT2D eigenvalue weighted by Crippen LogP contribution is 2.38. The highest BCUT2D eigenvalue weighted by Gasteiger charge is 2.32. The third-order valence-corrected chi connectivity index (χ3v) is 7.62. The molecule has 12 nitrogen and oxygen atoms in total. The molecule has 0 spiro atoms. The van der Waals surface area contributed by atoms with E-state index in [-0.39, 0.29) is 23.8 Å². The number of urea groups is 1. The Balaban J connectivity index is 1.39. The molecule has 3 aromatic carbocycles. The number of nitrogens with one attached hydrogen (secondary N) is 3. The summed E-state index contributed by atoms with van der Waals surface area (Å²) in [6, 6.07) is 12.1. The van der Waals surface area contributed by atoms with E-state index in [4.69, 9.17) is 58.5 Å². The highest BCUT2D eigenvalue weighted by molar-refractivity contribution is 6.35. The van der Waals surface area contributed by atoms with Crippen LogP contribution in [0, 0.1) is 0 Å². The summed E-state index contributed by atoms with van der Waals surface area (Å²) in [5.74, 6) is 0.779. The summed E-state index contributed by atoms with van der Waals surface area (Å²) in [7, 11) is 2.75. The maximum Gasteiger partial charge on any atom is 0.337 e. The molecular formula is C32H33Cl3N4O8. The largest absolute Gasteiger partial charge is 0.493 e. The van der Waals surface area contributed by atoms with Gasteiger partial charge in [-0.2, -0.15) is 5.10 Å². The minimum Gasteiger partial charge on any atom is -0.493 e. The Kier molecular flexibility index (Phi) is 12.4. The van der Waals surface area contributed by atoms with E-state index in [1.165, 1.54) is 20.4 Å². The molecule has 0 radical (unpaired) electrons. The van der Waals surface area contributed by atoms with Gasteiger partial charge >= 0.3 is 12.0 Å². The van der Waals surface area contributed by atoms with Gasteiger partial charge in [0.2, 0.25) is 0 Å². The van der Waals surface area contributed by atoms with E-state index in [1.54, 1.807) is 62.4 Å². The van der Waals surface area contributed by atoms with Crippen LogP contribution in [-0.4, -0.2) is 57.0 Å². The molecule has 0 saturated heterocycles. The van der Waals surface area contributed by atoms with Crippen molar-refractivity contribution in [2.75, 3.05) is 27.4 Å². The second kappa shape index (κ2) is 16.5. The van der Waals surface area contributed by atoms with E-state index in [0.29, 0.717) is 56.5 Å². The number of carbonyl (C=O) groups excluding carboxylic acids is 2. The van der Waals surface area contributed by atoms with Crippen molar-refractivity contribution in [3.63, 3.8) is 0 Å². The molecule has 0 unspecified atom stereocenters. The molecule has 0 saturated carbocycles. The van der Waals surface area contributed by atoms with Gasteiger partial charge in [0.1, 0.15) is 13.2 Å². The molecule has 47 heavy (non-hydrogen) atoms. The minimum absolute atomic E-state index is 0.140. The molecule has 3 aromatic rings. The van der Waals surface area contributed by atoms with Gasteiger partial charge in [-0.3, -0.25) is 5.43 Å². The topological polar surface area (TPSA) is 149 Å². The number of carbonyl (C=O) groups is 2. The van der Waals surface area contributed by atoms with Gasteiger partial charge in [-0.1, -0.05) is 46.9 Å². The number of esters is 1. The molecule has 1 heterocycles. The van der Waals surface area contributed by atoms with E-state index in [1.807, 2.05) is 0 Å². The molecule has 4 N–H and O–H groups in total. The number of rotatable bonds is 14. The Morgan fingerprint density at radius 2 is 1.81 bits per heavy atom. The summed E-state index contributed by atoms with van der Waals surface area (Å²) in [4.78, 5) is 24.6. The normalized spacial score (nSPS) is 15.1. The summed E-state index contributed by atoms with van der Waals surface area (Å²) in [5, 5.41) is 21.1. The molecule has 1 aliphatic rings. The lowest BCUT2D eigenvalue weighted by molar-refractivity contribution is -0.136. The lowest BCUT2D eigenvalue weighted by atomic mass is 9.95. The van der Waals surface area contributed by atoms with E-state index < -0.39 is 24.3 Å². The van der Waals surface area contributed by atoms with E-state index in [2.05, 4.69) is 21.2 Å². The van der Waals surface area contributed by atoms with Crippen LogP contribution in [0.15, 0.2) is 64.9 Å². The zero-order valence-corrected chi connectivity index (χ0v) is 28.1. The summed E-state index contributed by atoms with van der Waals surface area (Å²) in [6.07, 6.45) is 0.240. The second-order valence-corrected chi connectivity index (χ2v) is 11.2. The van der Waals surface area contributed by atoms with Crippen molar-refractivity contribution in [2.45, 2.75) is 32.7 Å². The summed E-state index contributed by atoms with van der Waals surface area (Å²) in [5.41, 5.74) is 5.08. The number of hydrazone groups is 1. The number of ether oxygens (including phenoxy) is 5. The standard InChI is InChI=1S/C32H33Cl3N4O8/c1-5-45-25-12-19(29-28(31(41)44-4)17(2)37-32(42)38-29)7-9-24(25)46-16-27(40)39-36-14-18-10-23(35)30(26(11-18)43-3)47-15-20-6-8-21(33)13-22(20)34/h6-14,27,29,39-40H,5,15-16H2,1-4H3,(H2,37,38,42)/b36-14-/t27-,29+/m0/s1. The van der Waals surface area contributed by atoms with Crippen LogP contribution >= 0.6 is 34.8 Å². The van der Waals surface area contributed by atoms with Gasteiger partial charge in [0.15, 0.2) is 29.2 Å². The van der Waals surface area contributed by atoms with Crippen molar-refractivity contribution in [3.05, 3.63) is 91.6 Å². The van der Waals surface area contributed by atoms with Crippen molar-refractivity contribution in [3.8, 4) is 23.0 Å². The molecule has 0 aromatic heterocycles. The zero-order valence-electron chi connectivity index (χ0n) is 25.9. The first-order valence-electron chi connectivity index (χ1n) is 14.2. The number of amides is 2. The molecule has 1 aliphatic heterocycles. The molecule has 0 aliphatic carbocycles. The fourth-order valence-corrected chi connectivity index (χ4v) is 5.30. The molecule has 0 fully saturated rings. The van der Waals surface area contributed by atoms with Gasteiger partial charge in [0.05, 0.1) is 43.7 Å². The first kappa shape index (κ1) is 35.5. The van der Waals surface area contributed by atoms with Gasteiger partial charge < -0.3 is 39.4 Å². The minimum atomic E-state index is -1.20. The van der Waals surface area contributed by atoms with Crippen LogP contribution in [0.4, 0.5) is 4.79 Å². The number of methoxy groups -OCH3 is 2. The SMILES string of the molecule is CCOc1cc([C@H]2NC(=O)NC(C)=C2C(=O)OC)ccc1OC[C@H](O)N/N=C\c1cc(Cl)c(OCc2ccc(Cl)cc2Cl)c(OC)c1. The Labute approximate surface area is 286 Å². The van der Waals surface area contributed by atoms with E-state index in [0.717, 1.165) is 5.56 Å². The van der Waals surface area contributed by atoms with Gasteiger partial charge in [-0.15, -0.1) is 0 Å². The molecule has 250 valence electrons. The van der Waals surface area contributed by atoms with Crippen LogP contribution in [0.2, 0.25) is 15.1 Å². The number of hydrogen-bond donors (Lipinski definition) is 4. The number of hydrogen-bond acceptors (Lipinski definition) is 10. The van der Waals surface area contributed by atoms with Crippen LogP contribution in [0.25, 0.3) is 0 Å². The Morgan fingerprint density at radius 1 is 1.02 bits per heavy atom. The number of aliphatic hydroxyl groups is 1. The van der Waals surface area contributed by atoms with Crippen LogP contribution in [0.3, 0.4) is 0 Å². The summed E-state index contributed by atoms with van der Waals surface area (Å²) in [6.45, 7) is 3.67. The van der Waals surface area contributed by atoms with Crippen molar-refractivity contribution < 1.29 is 38.4 Å². The fraction of sp³-hybridized carbons (Fsp3) is 0.281. The number of aliphatic hydroxyl groups excluding tert-OH is 1. The van der Waals surface area contributed by atoms with Crippen molar-refractivity contribution in [1.82, 2.24) is 16.1 Å². The predicted molar refractivity (Wildman–Crippen MR) is 178 cm³/mol. The van der Waals surface area contributed by atoms with E-state index >= 15 is 0 Å². The monoisotopic (exact) mass is 706 g/mol. The maximum atomic E-state index is 12.5. The molecule has 0 bridgehead atoms. The average molecular weight is 708 g/mol. The van der Waals surface area contributed by atoms with Gasteiger partial charge in [0, 0.05) is 21.3 Å². The van der Waals surface area contributed by atoms with Crippen LogP contribution < -0.4 is 35.0 Å². The van der Waals surface area contributed by atoms with Crippen LogP contribution in [0.1, 0.15) is 36.6 Å². The third kappa shape index (κ3) is 9.13. The Morgan fingerprint density at radius 3 is 2.51 bits per heavy atom. The van der Waals surface area contributed by atoms with Crippen molar-refractivity contribution in [2.24, 2.45) is 5.10 Å². The first-order chi connectivity index (χ1) is 22.5. The van der Waals surface area contributed by atoms with Gasteiger partial charge in [-0.05, 0) is 61.4 Å². The number of benzene rings is 3. The van der Waals surface area contributed by atoms with Gasteiger partial charge in [-0.25, -0.2) is 9.59 Å². The van der Waals surface area contributed by atoms with Crippen molar-refractivity contribution >= 4 is 53.0 Å². The molecular weight excluding hydrogens is 675 g/mol. The third-order valence-electron chi connectivity index (χ3n) is 6.75. The fourth-order valence-electron chi connectivity index (χ4n) is 4.56. The predicted octanol–water partition coefficient (Wildman–Crippen LogP) is 5.75. The van der Waals surface area contributed by atoms with Crippen LogP contribution in [-0.2, 0) is 16.1 Å².